The third kappa shape index (κ3) is 6.06. The minimum Gasteiger partial charge on any atom is -0.304 e. The van der Waals surface area contributed by atoms with Crippen LogP contribution < -0.4 is 4.72 Å². The van der Waals surface area contributed by atoms with E-state index in [1.165, 1.54) is 0 Å². The number of nitrogens with zero attached hydrogens (tertiary/aromatic N) is 1. The number of hydrogen-bond acceptors (Lipinski definition) is 3. The van der Waals surface area contributed by atoms with E-state index in [2.05, 4.69) is 39.4 Å². The predicted molar refractivity (Wildman–Crippen MR) is 90.9 cm³/mol. The van der Waals surface area contributed by atoms with Gasteiger partial charge in [-0.15, -0.1) is 0 Å². The van der Waals surface area contributed by atoms with Gasteiger partial charge in [0.25, 0.3) is 0 Å². The Morgan fingerprint density at radius 2 is 1.86 bits per heavy atom. The van der Waals surface area contributed by atoms with Crippen molar-refractivity contribution in [3.63, 3.8) is 0 Å². The quantitative estimate of drug-likeness (QED) is 0.719. The van der Waals surface area contributed by atoms with Crippen molar-refractivity contribution in [1.29, 1.82) is 0 Å². The van der Waals surface area contributed by atoms with Gasteiger partial charge in [0.05, 0.1) is 4.90 Å². The summed E-state index contributed by atoms with van der Waals surface area (Å²) < 4.78 is 28.0. The molecule has 0 aliphatic heterocycles. The van der Waals surface area contributed by atoms with Crippen LogP contribution in [0.5, 0.6) is 0 Å². The molecule has 0 aliphatic carbocycles. The second-order valence-corrected chi connectivity index (χ2v) is 7.66. The van der Waals surface area contributed by atoms with E-state index in [0.29, 0.717) is 9.37 Å². The number of rotatable bonds is 9. The van der Waals surface area contributed by atoms with Crippen LogP contribution in [0.4, 0.5) is 0 Å². The Kier molecular flexibility index (Phi) is 7.87. The zero-order valence-electron chi connectivity index (χ0n) is 13.0. The molecule has 1 aromatic rings. The van der Waals surface area contributed by atoms with Crippen LogP contribution in [0.1, 0.15) is 33.6 Å². The molecular weight excluding hydrogens is 352 g/mol. The summed E-state index contributed by atoms with van der Waals surface area (Å²) in [5, 5.41) is 0. The summed E-state index contributed by atoms with van der Waals surface area (Å²) in [4.78, 5) is 2.63. The number of nitrogens with one attached hydrogen (secondary N) is 1. The molecule has 0 radical (unpaired) electrons. The van der Waals surface area contributed by atoms with Crippen molar-refractivity contribution >= 4 is 26.0 Å². The summed E-state index contributed by atoms with van der Waals surface area (Å²) in [6.07, 6.45) is 1.82. The lowest BCUT2D eigenvalue weighted by Gasteiger charge is -2.20. The third-order valence-electron chi connectivity index (χ3n) is 3.49. The van der Waals surface area contributed by atoms with Gasteiger partial charge < -0.3 is 4.90 Å². The summed E-state index contributed by atoms with van der Waals surface area (Å²) in [6.45, 7) is 9.27. The highest BCUT2D eigenvalue weighted by molar-refractivity contribution is 9.10. The van der Waals surface area contributed by atoms with Gasteiger partial charge in [-0.3, -0.25) is 0 Å². The van der Waals surface area contributed by atoms with Gasteiger partial charge in [-0.1, -0.05) is 26.0 Å². The average Bonchev–Trinajstić information content (AvgIpc) is 2.43. The van der Waals surface area contributed by atoms with E-state index in [1.807, 2.05) is 6.92 Å². The maximum atomic E-state index is 12.3. The fourth-order valence-corrected chi connectivity index (χ4v) is 4.49. The molecule has 0 saturated carbocycles. The van der Waals surface area contributed by atoms with Gasteiger partial charge in [0.15, 0.2) is 0 Å². The Hall–Kier alpha value is -0.430. The summed E-state index contributed by atoms with van der Waals surface area (Å²) in [5.41, 5.74) is 0. The van der Waals surface area contributed by atoms with E-state index in [0.717, 1.165) is 32.5 Å². The van der Waals surface area contributed by atoms with Crippen LogP contribution in [0.2, 0.25) is 0 Å². The molecule has 0 bridgehead atoms. The first kappa shape index (κ1) is 18.6. The standard InChI is InChI=1S/C15H25BrN2O2S/c1-4-18(5-2)12-8-9-13(3)17-21(19,20)15-11-7-6-10-14(15)16/h6-7,10-11,13,17H,4-5,8-9,12H2,1-3H3/t13-/m0/s1. The van der Waals surface area contributed by atoms with Gasteiger partial charge in [0.2, 0.25) is 10.0 Å². The van der Waals surface area contributed by atoms with Crippen LogP contribution in [0.15, 0.2) is 33.6 Å². The average molecular weight is 377 g/mol. The van der Waals surface area contributed by atoms with Crippen LogP contribution in [-0.4, -0.2) is 39.0 Å². The fraction of sp³-hybridized carbons (Fsp3) is 0.600. The van der Waals surface area contributed by atoms with Crippen molar-refractivity contribution in [3.05, 3.63) is 28.7 Å². The molecule has 1 rings (SSSR count). The molecule has 1 N–H and O–H groups in total. The Morgan fingerprint density at radius 1 is 1.24 bits per heavy atom. The maximum absolute atomic E-state index is 12.3. The van der Waals surface area contributed by atoms with Crippen molar-refractivity contribution in [2.45, 2.75) is 44.6 Å². The smallest absolute Gasteiger partial charge is 0.241 e. The van der Waals surface area contributed by atoms with Crippen molar-refractivity contribution in [2.24, 2.45) is 0 Å². The largest absolute Gasteiger partial charge is 0.304 e. The van der Waals surface area contributed by atoms with Crippen molar-refractivity contribution in [2.75, 3.05) is 19.6 Å². The molecule has 0 aromatic heterocycles. The summed E-state index contributed by atoms with van der Waals surface area (Å²) in [7, 11) is -3.46. The second kappa shape index (κ2) is 8.88. The highest BCUT2D eigenvalue weighted by Gasteiger charge is 2.19. The van der Waals surface area contributed by atoms with Gasteiger partial charge in [-0.2, -0.15) is 0 Å². The number of hydrogen-bond donors (Lipinski definition) is 1. The van der Waals surface area contributed by atoms with Crippen LogP contribution in [0.25, 0.3) is 0 Å². The molecule has 0 saturated heterocycles. The Morgan fingerprint density at radius 3 is 2.43 bits per heavy atom. The van der Waals surface area contributed by atoms with Gasteiger partial charge in [-0.25, -0.2) is 13.1 Å². The molecule has 1 aromatic carbocycles. The van der Waals surface area contributed by atoms with Crippen molar-refractivity contribution in [1.82, 2.24) is 9.62 Å². The van der Waals surface area contributed by atoms with Gasteiger partial charge in [-0.05, 0) is 67.5 Å². The number of halogens is 1. The van der Waals surface area contributed by atoms with E-state index < -0.39 is 10.0 Å². The lowest BCUT2D eigenvalue weighted by molar-refractivity contribution is 0.293. The van der Waals surface area contributed by atoms with Gasteiger partial charge in [0, 0.05) is 10.5 Å². The van der Waals surface area contributed by atoms with Crippen LogP contribution >= 0.6 is 15.9 Å². The second-order valence-electron chi connectivity index (χ2n) is 5.12. The first-order valence-corrected chi connectivity index (χ1v) is 9.67. The molecule has 0 unspecified atom stereocenters. The normalized spacial score (nSPS) is 13.6. The van der Waals surface area contributed by atoms with Crippen LogP contribution in [0.3, 0.4) is 0 Å². The summed E-state index contributed by atoms with van der Waals surface area (Å²) in [5.74, 6) is 0. The fourth-order valence-electron chi connectivity index (χ4n) is 2.21. The molecule has 21 heavy (non-hydrogen) atoms. The first-order valence-electron chi connectivity index (χ1n) is 7.40. The highest BCUT2D eigenvalue weighted by Crippen LogP contribution is 2.21. The molecule has 0 aliphatic rings. The minimum absolute atomic E-state index is 0.0716. The first-order chi connectivity index (χ1) is 9.90. The Bertz CT molecular complexity index is 530. The summed E-state index contributed by atoms with van der Waals surface area (Å²) >= 11 is 3.29. The van der Waals surface area contributed by atoms with E-state index in [9.17, 15) is 8.42 Å². The zero-order chi connectivity index (χ0) is 15.9. The molecule has 6 heteroatoms. The molecular formula is C15H25BrN2O2S. The maximum Gasteiger partial charge on any atom is 0.241 e. The topological polar surface area (TPSA) is 49.4 Å². The number of benzene rings is 1. The molecule has 0 spiro atoms. The van der Waals surface area contributed by atoms with Crippen molar-refractivity contribution in [3.8, 4) is 0 Å². The van der Waals surface area contributed by atoms with E-state index in [-0.39, 0.29) is 6.04 Å². The van der Waals surface area contributed by atoms with Gasteiger partial charge in [0.1, 0.15) is 0 Å². The monoisotopic (exact) mass is 376 g/mol. The van der Waals surface area contributed by atoms with E-state index in [4.69, 9.17) is 0 Å². The lowest BCUT2D eigenvalue weighted by Crippen LogP contribution is -2.33. The predicted octanol–water partition coefficient (Wildman–Crippen LogP) is 3.24. The van der Waals surface area contributed by atoms with Crippen LogP contribution in [-0.2, 0) is 10.0 Å². The third-order valence-corrected chi connectivity index (χ3v) is 6.09. The van der Waals surface area contributed by atoms with E-state index >= 15 is 0 Å². The molecule has 1 atom stereocenters. The molecule has 0 amide bonds. The minimum atomic E-state index is -3.46. The summed E-state index contributed by atoms with van der Waals surface area (Å²) in [6, 6.07) is 6.80. The molecule has 4 nitrogen and oxygen atoms in total. The zero-order valence-corrected chi connectivity index (χ0v) is 15.4. The number of sulfonamides is 1. The van der Waals surface area contributed by atoms with Crippen LogP contribution in [0, 0.1) is 0 Å². The Labute approximate surface area is 137 Å². The van der Waals surface area contributed by atoms with Crippen molar-refractivity contribution < 1.29 is 8.42 Å². The molecule has 0 fully saturated rings. The lowest BCUT2D eigenvalue weighted by atomic mass is 10.2. The molecule has 0 heterocycles. The van der Waals surface area contributed by atoms with E-state index in [1.54, 1.807) is 24.3 Å². The van der Waals surface area contributed by atoms with Gasteiger partial charge >= 0.3 is 0 Å². The Balaban J connectivity index is 2.54. The highest BCUT2D eigenvalue weighted by atomic mass is 79.9. The SMILES string of the molecule is CCN(CC)CCC[C@H](C)NS(=O)(=O)c1ccccc1Br. The molecule has 120 valence electrons.